The lowest BCUT2D eigenvalue weighted by Gasteiger charge is -2.33. The van der Waals surface area contributed by atoms with Crippen LogP contribution >= 0.6 is 0 Å². The molecular formula is C9H15N3O2. The van der Waals surface area contributed by atoms with Gasteiger partial charge in [0.1, 0.15) is 5.69 Å². The normalized spacial score (nSPS) is 11.4. The van der Waals surface area contributed by atoms with Gasteiger partial charge in [0, 0.05) is 7.05 Å². The van der Waals surface area contributed by atoms with Crippen molar-refractivity contribution in [3.8, 4) is 0 Å². The van der Waals surface area contributed by atoms with Crippen molar-refractivity contribution >= 4 is 5.91 Å². The number of aliphatic hydroxyl groups is 1. The molecule has 78 valence electrons. The molecule has 0 atom stereocenters. The average Bonchev–Trinajstić information content (AvgIpc) is 2.68. The standard InChI is InChI=1S/C9H15N3O2/c1-9(2,5-13)12(3)8(14)7-4-10-6-11-7/h4,6,13H,5H2,1-3H3,(H,10,11). The van der Waals surface area contributed by atoms with Crippen LogP contribution in [0.5, 0.6) is 0 Å². The Kier molecular flexibility index (Phi) is 2.90. The van der Waals surface area contributed by atoms with Gasteiger partial charge in [-0.3, -0.25) is 4.79 Å². The maximum atomic E-state index is 11.8. The summed E-state index contributed by atoms with van der Waals surface area (Å²) in [5.41, 5.74) is -0.142. The summed E-state index contributed by atoms with van der Waals surface area (Å²) in [5, 5.41) is 9.09. The van der Waals surface area contributed by atoms with Crippen LogP contribution in [0.15, 0.2) is 12.5 Å². The van der Waals surface area contributed by atoms with Crippen molar-refractivity contribution in [2.75, 3.05) is 13.7 Å². The number of aromatic amines is 1. The minimum Gasteiger partial charge on any atom is -0.394 e. The fourth-order valence-corrected chi connectivity index (χ4v) is 0.934. The van der Waals surface area contributed by atoms with Gasteiger partial charge in [-0.1, -0.05) is 0 Å². The fourth-order valence-electron chi connectivity index (χ4n) is 0.934. The van der Waals surface area contributed by atoms with Crippen LogP contribution in [0.4, 0.5) is 0 Å². The van der Waals surface area contributed by atoms with Crippen LogP contribution in [0.25, 0.3) is 0 Å². The molecular weight excluding hydrogens is 182 g/mol. The van der Waals surface area contributed by atoms with Crippen LogP contribution in [0.2, 0.25) is 0 Å². The largest absolute Gasteiger partial charge is 0.394 e. The highest BCUT2D eigenvalue weighted by Gasteiger charge is 2.27. The highest BCUT2D eigenvalue weighted by Crippen LogP contribution is 2.13. The Bertz CT molecular complexity index is 306. The fraction of sp³-hybridized carbons (Fsp3) is 0.556. The first-order chi connectivity index (χ1) is 6.49. The number of carbonyl (C=O) groups excluding carboxylic acids is 1. The van der Waals surface area contributed by atoms with Gasteiger partial charge in [0.15, 0.2) is 0 Å². The maximum Gasteiger partial charge on any atom is 0.272 e. The maximum absolute atomic E-state index is 11.8. The van der Waals surface area contributed by atoms with Gasteiger partial charge in [-0.2, -0.15) is 0 Å². The predicted molar refractivity (Wildman–Crippen MR) is 51.8 cm³/mol. The molecule has 0 fully saturated rings. The molecule has 0 aliphatic heterocycles. The Morgan fingerprint density at radius 3 is 2.79 bits per heavy atom. The first kappa shape index (κ1) is 10.7. The summed E-state index contributed by atoms with van der Waals surface area (Å²) < 4.78 is 0. The molecule has 0 radical (unpaired) electrons. The first-order valence-corrected chi connectivity index (χ1v) is 4.36. The predicted octanol–water partition coefficient (Wildman–Crippen LogP) is 0.253. The molecule has 0 unspecified atom stereocenters. The summed E-state index contributed by atoms with van der Waals surface area (Å²) in [7, 11) is 1.65. The molecule has 1 heterocycles. The van der Waals surface area contributed by atoms with Crippen LogP contribution in [0.3, 0.4) is 0 Å². The zero-order chi connectivity index (χ0) is 10.8. The minimum atomic E-state index is -0.567. The SMILES string of the molecule is CN(C(=O)c1cnc[nH]1)C(C)(C)CO. The van der Waals surface area contributed by atoms with Gasteiger partial charge < -0.3 is 15.0 Å². The Morgan fingerprint density at radius 1 is 1.71 bits per heavy atom. The summed E-state index contributed by atoms with van der Waals surface area (Å²) in [6, 6.07) is 0. The number of carbonyl (C=O) groups is 1. The molecule has 0 aliphatic rings. The van der Waals surface area contributed by atoms with Gasteiger partial charge in [-0.25, -0.2) is 4.98 Å². The number of H-pyrrole nitrogens is 1. The van der Waals surface area contributed by atoms with Crippen LogP contribution in [-0.4, -0.2) is 45.1 Å². The molecule has 1 rings (SSSR count). The summed E-state index contributed by atoms with van der Waals surface area (Å²) in [5.74, 6) is -0.179. The second kappa shape index (κ2) is 3.79. The molecule has 2 N–H and O–H groups in total. The molecule has 1 amide bonds. The van der Waals surface area contributed by atoms with E-state index in [0.717, 1.165) is 0 Å². The van der Waals surface area contributed by atoms with Crippen molar-refractivity contribution < 1.29 is 9.90 Å². The number of nitrogens with one attached hydrogen (secondary N) is 1. The number of imidazole rings is 1. The van der Waals surface area contributed by atoms with E-state index in [2.05, 4.69) is 9.97 Å². The van der Waals surface area contributed by atoms with E-state index >= 15 is 0 Å². The lowest BCUT2D eigenvalue weighted by Crippen LogP contribution is -2.47. The summed E-state index contributed by atoms with van der Waals surface area (Å²) in [6.45, 7) is 3.51. The van der Waals surface area contributed by atoms with Crippen LogP contribution in [0.1, 0.15) is 24.3 Å². The molecule has 5 heteroatoms. The van der Waals surface area contributed by atoms with E-state index < -0.39 is 5.54 Å². The molecule has 0 saturated heterocycles. The second-order valence-electron chi connectivity index (χ2n) is 3.80. The highest BCUT2D eigenvalue weighted by molar-refractivity contribution is 5.92. The van der Waals surface area contributed by atoms with Gasteiger partial charge in [0.25, 0.3) is 5.91 Å². The van der Waals surface area contributed by atoms with E-state index in [1.807, 2.05) is 0 Å². The Balaban J connectivity index is 2.81. The van der Waals surface area contributed by atoms with Crippen molar-refractivity contribution in [2.24, 2.45) is 0 Å². The summed E-state index contributed by atoms with van der Waals surface area (Å²) >= 11 is 0. The summed E-state index contributed by atoms with van der Waals surface area (Å²) in [4.78, 5) is 19.7. The van der Waals surface area contributed by atoms with Crippen LogP contribution in [-0.2, 0) is 0 Å². The van der Waals surface area contributed by atoms with Crippen molar-refractivity contribution in [3.63, 3.8) is 0 Å². The molecule has 0 aromatic carbocycles. The van der Waals surface area contributed by atoms with Gasteiger partial charge in [0.05, 0.1) is 24.7 Å². The second-order valence-corrected chi connectivity index (χ2v) is 3.80. The van der Waals surface area contributed by atoms with E-state index in [1.54, 1.807) is 20.9 Å². The Morgan fingerprint density at radius 2 is 2.36 bits per heavy atom. The molecule has 14 heavy (non-hydrogen) atoms. The lowest BCUT2D eigenvalue weighted by molar-refractivity contribution is 0.0468. The summed E-state index contributed by atoms with van der Waals surface area (Å²) in [6.07, 6.45) is 2.92. The van der Waals surface area contributed by atoms with Crippen LogP contribution < -0.4 is 0 Å². The van der Waals surface area contributed by atoms with Crippen molar-refractivity contribution in [3.05, 3.63) is 18.2 Å². The monoisotopic (exact) mass is 197 g/mol. The van der Waals surface area contributed by atoms with Crippen molar-refractivity contribution in [2.45, 2.75) is 19.4 Å². The van der Waals surface area contributed by atoms with Gasteiger partial charge in [0.2, 0.25) is 0 Å². The number of amides is 1. The Labute approximate surface area is 82.8 Å². The number of hydrogen-bond acceptors (Lipinski definition) is 3. The molecule has 0 bridgehead atoms. The zero-order valence-corrected chi connectivity index (χ0v) is 8.61. The molecule has 0 aliphatic carbocycles. The quantitative estimate of drug-likeness (QED) is 0.730. The van der Waals surface area contributed by atoms with E-state index in [9.17, 15) is 4.79 Å². The molecule has 0 saturated carbocycles. The molecule has 0 spiro atoms. The average molecular weight is 197 g/mol. The van der Waals surface area contributed by atoms with Gasteiger partial charge >= 0.3 is 0 Å². The van der Waals surface area contributed by atoms with E-state index in [0.29, 0.717) is 5.69 Å². The topological polar surface area (TPSA) is 69.2 Å². The van der Waals surface area contributed by atoms with E-state index in [4.69, 9.17) is 5.11 Å². The van der Waals surface area contributed by atoms with Crippen molar-refractivity contribution in [1.82, 2.24) is 14.9 Å². The lowest BCUT2D eigenvalue weighted by atomic mass is 10.1. The molecule has 1 aromatic heterocycles. The highest BCUT2D eigenvalue weighted by atomic mass is 16.3. The van der Waals surface area contributed by atoms with Crippen molar-refractivity contribution in [1.29, 1.82) is 0 Å². The van der Waals surface area contributed by atoms with Crippen LogP contribution in [0, 0.1) is 0 Å². The third-order valence-corrected chi connectivity index (χ3v) is 2.33. The number of hydrogen-bond donors (Lipinski definition) is 2. The number of rotatable bonds is 3. The first-order valence-electron chi connectivity index (χ1n) is 4.36. The zero-order valence-electron chi connectivity index (χ0n) is 8.61. The van der Waals surface area contributed by atoms with E-state index in [-0.39, 0.29) is 12.5 Å². The smallest absolute Gasteiger partial charge is 0.272 e. The third-order valence-electron chi connectivity index (χ3n) is 2.33. The van der Waals surface area contributed by atoms with Gasteiger partial charge in [-0.15, -0.1) is 0 Å². The number of aromatic nitrogens is 2. The van der Waals surface area contributed by atoms with Gasteiger partial charge in [-0.05, 0) is 13.8 Å². The van der Waals surface area contributed by atoms with E-state index in [1.165, 1.54) is 17.4 Å². The minimum absolute atomic E-state index is 0.0800. The third kappa shape index (κ3) is 1.93. The number of nitrogens with zero attached hydrogens (tertiary/aromatic N) is 2. The number of aliphatic hydroxyl groups excluding tert-OH is 1. The Hall–Kier alpha value is -1.36. The number of likely N-dealkylation sites (N-methyl/N-ethyl adjacent to an activating group) is 1. The molecule has 5 nitrogen and oxygen atoms in total. The molecule has 1 aromatic rings.